The number of rotatable bonds is 3. The third-order valence-electron chi connectivity index (χ3n) is 3.59. The van der Waals surface area contributed by atoms with Crippen molar-refractivity contribution in [1.82, 2.24) is 8.96 Å². The van der Waals surface area contributed by atoms with E-state index >= 15 is 0 Å². The molecule has 0 aliphatic carbocycles. The maximum Gasteiger partial charge on any atom is 0.338 e. The van der Waals surface area contributed by atoms with E-state index in [9.17, 15) is 13.2 Å². The van der Waals surface area contributed by atoms with Gasteiger partial charge in [-0.3, -0.25) is 0 Å². The molecule has 124 valence electrons. The standard InChI is InChI=1S/C16H13IN2O4S/c1-10-3-5-11(6-4-10)24(21,22)19-9-13(17)14-12(16(20)23-2)7-8-18-15(14)19/h3-9H,1-2H3. The lowest BCUT2D eigenvalue weighted by Gasteiger charge is -2.07. The van der Waals surface area contributed by atoms with Gasteiger partial charge in [0.05, 0.1) is 17.6 Å². The first-order chi connectivity index (χ1) is 11.4. The molecule has 6 nitrogen and oxygen atoms in total. The highest BCUT2D eigenvalue weighted by Gasteiger charge is 2.24. The molecule has 3 aromatic rings. The van der Waals surface area contributed by atoms with Gasteiger partial charge in [0, 0.05) is 21.4 Å². The van der Waals surface area contributed by atoms with Gasteiger partial charge in [-0.2, -0.15) is 0 Å². The van der Waals surface area contributed by atoms with Crippen molar-refractivity contribution < 1.29 is 17.9 Å². The van der Waals surface area contributed by atoms with Crippen molar-refractivity contribution in [2.24, 2.45) is 0 Å². The molecular weight excluding hydrogens is 443 g/mol. The van der Waals surface area contributed by atoms with Gasteiger partial charge in [-0.1, -0.05) is 17.7 Å². The maximum atomic E-state index is 12.9. The number of carbonyl (C=O) groups is 1. The number of methoxy groups -OCH3 is 1. The second-order valence-corrected chi connectivity index (χ2v) is 8.12. The molecular formula is C16H13IN2O4S. The minimum atomic E-state index is -3.81. The van der Waals surface area contributed by atoms with Crippen molar-refractivity contribution in [3.8, 4) is 0 Å². The molecule has 0 atom stereocenters. The minimum absolute atomic E-state index is 0.159. The number of nitrogens with zero attached hydrogens (tertiary/aromatic N) is 2. The number of carbonyl (C=O) groups excluding carboxylic acids is 1. The fraction of sp³-hybridized carbons (Fsp3) is 0.125. The lowest BCUT2D eigenvalue weighted by atomic mass is 10.2. The molecule has 0 bridgehead atoms. The Labute approximate surface area is 152 Å². The smallest absolute Gasteiger partial charge is 0.338 e. The van der Waals surface area contributed by atoms with Crippen molar-refractivity contribution in [2.45, 2.75) is 11.8 Å². The van der Waals surface area contributed by atoms with E-state index in [4.69, 9.17) is 4.74 Å². The van der Waals surface area contributed by atoms with E-state index in [1.54, 1.807) is 24.3 Å². The number of hydrogen-bond donors (Lipinski definition) is 0. The third-order valence-corrected chi connectivity index (χ3v) is 6.07. The molecule has 0 saturated carbocycles. The van der Waals surface area contributed by atoms with Crippen molar-refractivity contribution in [1.29, 1.82) is 0 Å². The zero-order chi connectivity index (χ0) is 17.5. The first-order valence-electron chi connectivity index (χ1n) is 6.92. The van der Waals surface area contributed by atoms with Gasteiger partial charge in [-0.15, -0.1) is 0 Å². The highest BCUT2D eigenvalue weighted by atomic mass is 127. The molecule has 1 aromatic carbocycles. The first kappa shape index (κ1) is 16.9. The zero-order valence-corrected chi connectivity index (χ0v) is 15.8. The summed E-state index contributed by atoms with van der Waals surface area (Å²) in [6.07, 6.45) is 2.85. The quantitative estimate of drug-likeness (QED) is 0.448. The monoisotopic (exact) mass is 456 g/mol. The van der Waals surface area contributed by atoms with Gasteiger partial charge in [0.2, 0.25) is 0 Å². The molecule has 0 spiro atoms. The van der Waals surface area contributed by atoms with Gasteiger partial charge in [-0.25, -0.2) is 22.2 Å². The fourth-order valence-corrected chi connectivity index (χ4v) is 4.69. The van der Waals surface area contributed by atoms with Crippen molar-refractivity contribution in [3.63, 3.8) is 0 Å². The Balaban J connectivity index is 2.28. The summed E-state index contributed by atoms with van der Waals surface area (Å²) >= 11 is 1.99. The van der Waals surface area contributed by atoms with Crippen LogP contribution in [0.5, 0.6) is 0 Å². The number of pyridine rings is 1. The highest BCUT2D eigenvalue weighted by molar-refractivity contribution is 14.1. The largest absolute Gasteiger partial charge is 0.465 e. The molecule has 24 heavy (non-hydrogen) atoms. The molecule has 2 heterocycles. The Morgan fingerprint density at radius 2 is 1.88 bits per heavy atom. The summed E-state index contributed by atoms with van der Waals surface area (Å²) in [5, 5.41) is 0.459. The van der Waals surface area contributed by atoms with Crippen LogP contribution in [0, 0.1) is 10.5 Å². The summed E-state index contributed by atoms with van der Waals surface area (Å²) in [4.78, 5) is 16.3. The van der Waals surface area contributed by atoms with Crippen LogP contribution >= 0.6 is 22.6 Å². The van der Waals surface area contributed by atoms with Crippen molar-refractivity contribution >= 4 is 49.6 Å². The van der Waals surface area contributed by atoms with Gasteiger partial charge in [0.1, 0.15) is 0 Å². The topological polar surface area (TPSA) is 78.3 Å². The Bertz CT molecular complexity index is 1040. The summed E-state index contributed by atoms with van der Waals surface area (Å²) in [5.74, 6) is -0.536. The minimum Gasteiger partial charge on any atom is -0.465 e. The number of esters is 1. The Morgan fingerprint density at radius 1 is 1.21 bits per heavy atom. The van der Waals surface area contributed by atoms with Gasteiger partial charge in [-0.05, 0) is 47.7 Å². The molecule has 0 unspecified atom stereocenters. The van der Waals surface area contributed by atoms with Crippen LogP contribution in [0.4, 0.5) is 0 Å². The van der Waals surface area contributed by atoms with Gasteiger partial charge < -0.3 is 4.74 Å². The molecule has 0 aliphatic rings. The van der Waals surface area contributed by atoms with E-state index < -0.39 is 16.0 Å². The lowest BCUT2D eigenvalue weighted by molar-refractivity contribution is 0.0603. The van der Waals surface area contributed by atoms with Crippen molar-refractivity contribution in [2.75, 3.05) is 7.11 Å². The molecule has 8 heteroatoms. The van der Waals surface area contributed by atoms with Gasteiger partial charge in [0.15, 0.2) is 5.65 Å². The molecule has 0 fully saturated rings. The van der Waals surface area contributed by atoms with E-state index in [0.717, 1.165) is 9.54 Å². The summed E-state index contributed by atoms with van der Waals surface area (Å²) in [7, 11) is -2.53. The predicted molar refractivity (Wildman–Crippen MR) is 97.6 cm³/mol. The average molecular weight is 456 g/mol. The van der Waals surface area contributed by atoms with E-state index in [1.807, 2.05) is 29.5 Å². The highest BCUT2D eigenvalue weighted by Crippen LogP contribution is 2.28. The zero-order valence-electron chi connectivity index (χ0n) is 12.9. The number of aryl methyl sites for hydroxylation is 1. The number of ether oxygens (including phenoxy) is 1. The Morgan fingerprint density at radius 3 is 2.50 bits per heavy atom. The molecule has 2 aromatic heterocycles. The molecule has 0 aliphatic heterocycles. The number of fused-ring (bicyclic) bond motifs is 1. The predicted octanol–water partition coefficient (Wildman–Crippen LogP) is 2.97. The fourth-order valence-electron chi connectivity index (χ4n) is 2.37. The van der Waals surface area contributed by atoms with Crippen LogP contribution in [0.1, 0.15) is 15.9 Å². The van der Waals surface area contributed by atoms with E-state index in [2.05, 4.69) is 4.98 Å². The van der Waals surface area contributed by atoms with Gasteiger partial charge >= 0.3 is 5.97 Å². The van der Waals surface area contributed by atoms with Crippen LogP contribution in [-0.2, 0) is 14.8 Å². The number of benzene rings is 1. The molecule has 3 rings (SSSR count). The summed E-state index contributed by atoms with van der Waals surface area (Å²) in [6.45, 7) is 1.88. The average Bonchev–Trinajstić information content (AvgIpc) is 2.92. The third kappa shape index (κ3) is 2.69. The van der Waals surface area contributed by atoms with E-state index in [0.29, 0.717) is 8.96 Å². The van der Waals surface area contributed by atoms with Crippen LogP contribution in [0.25, 0.3) is 11.0 Å². The van der Waals surface area contributed by atoms with Gasteiger partial charge in [0.25, 0.3) is 10.0 Å². The van der Waals surface area contributed by atoms with E-state index in [1.165, 1.54) is 25.6 Å². The van der Waals surface area contributed by atoms with Crippen molar-refractivity contribution in [3.05, 3.63) is 57.4 Å². The maximum absolute atomic E-state index is 12.9. The van der Waals surface area contributed by atoms with Crippen LogP contribution < -0.4 is 0 Å². The second-order valence-electron chi connectivity index (χ2n) is 5.14. The molecule has 0 radical (unpaired) electrons. The first-order valence-corrected chi connectivity index (χ1v) is 9.44. The van der Waals surface area contributed by atoms with Crippen LogP contribution in [0.15, 0.2) is 47.6 Å². The molecule has 0 N–H and O–H groups in total. The van der Waals surface area contributed by atoms with E-state index in [-0.39, 0.29) is 16.1 Å². The summed E-state index contributed by atoms with van der Waals surface area (Å²) in [5.41, 5.74) is 1.44. The van der Waals surface area contributed by atoms with Crippen LogP contribution in [-0.4, -0.2) is 30.5 Å². The number of hydrogen-bond acceptors (Lipinski definition) is 5. The lowest BCUT2D eigenvalue weighted by Crippen LogP contribution is -2.13. The SMILES string of the molecule is COC(=O)c1ccnc2c1c(I)cn2S(=O)(=O)c1ccc(C)cc1. The Kier molecular flexibility index (Phi) is 4.35. The molecule has 0 saturated heterocycles. The second kappa shape index (κ2) is 6.17. The summed E-state index contributed by atoms with van der Waals surface area (Å²) in [6, 6.07) is 8.08. The molecule has 0 amide bonds. The van der Waals surface area contributed by atoms with Crippen LogP contribution in [0.2, 0.25) is 0 Å². The summed E-state index contributed by atoms with van der Waals surface area (Å²) < 4.78 is 32.3. The number of halogens is 1. The Hall–Kier alpha value is -1.94. The normalized spacial score (nSPS) is 11.6. The number of aromatic nitrogens is 2. The van der Waals surface area contributed by atoms with Crippen LogP contribution in [0.3, 0.4) is 0 Å².